The third kappa shape index (κ3) is 2.48. The van der Waals surface area contributed by atoms with Crippen LogP contribution in [-0.4, -0.2) is 6.54 Å². The van der Waals surface area contributed by atoms with Gasteiger partial charge in [0.05, 0.1) is 0 Å². The molecule has 72 valence electrons. The highest BCUT2D eigenvalue weighted by Gasteiger charge is 2.26. The Morgan fingerprint density at radius 2 is 1.92 bits per heavy atom. The zero-order chi connectivity index (χ0) is 8.97. The van der Waals surface area contributed by atoms with Crippen molar-refractivity contribution in [2.24, 2.45) is 23.5 Å². The Kier molecular flexibility index (Phi) is 4.07. The zero-order valence-electron chi connectivity index (χ0n) is 8.55. The Balaban J connectivity index is 2.42. The molecule has 1 aliphatic carbocycles. The Morgan fingerprint density at radius 3 is 2.50 bits per heavy atom. The Morgan fingerprint density at radius 1 is 1.25 bits per heavy atom. The summed E-state index contributed by atoms with van der Waals surface area (Å²) in [5, 5.41) is 0. The molecule has 0 aromatic heterocycles. The van der Waals surface area contributed by atoms with Gasteiger partial charge >= 0.3 is 0 Å². The molecule has 0 aromatic carbocycles. The second-order valence-electron chi connectivity index (χ2n) is 4.53. The lowest BCUT2D eigenvalue weighted by Crippen LogP contribution is -2.26. The largest absolute Gasteiger partial charge is 0.330 e. The molecule has 0 bridgehead atoms. The van der Waals surface area contributed by atoms with Gasteiger partial charge in [-0.05, 0) is 37.1 Å². The number of hydrogen-bond donors (Lipinski definition) is 1. The van der Waals surface area contributed by atoms with Crippen LogP contribution in [0.15, 0.2) is 0 Å². The maximum absolute atomic E-state index is 5.62. The van der Waals surface area contributed by atoms with Crippen LogP contribution in [0.5, 0.6) is 0 Å². The van der Waals surface area contributed by atoms with Gasteiger partial charge in [0, 0.05) is 0 Å². The standard InChI is InChI=1S/C11H23N/c1-9(2)11-6-4-3-5-10(11)7-8-12/h9-11H,3-8,12H2,1-2H3. The molecule has 0 saturated heterocycles. The topological polar surface area (TPSA) is 26.0 Å². The van der Waals surface area contributed by atoms with Gasteiger partial charge in [0.25, 0.3) is 0 Å². The van der Waals surface area contributed by atoms with Gasteiger partial charge in [-0.1, -0.05) is 33.1 Å². The van der Waals surface area contributed by atoms with Crippen molar-refractivity contribution in [1.29, 1.82) is 0 Å². The molecule has 0 aromatic rings. The molecule has 0 amide bonds. The molecule has 0 aliphatic heterocycles. The smallest absolute Gasteiger partial charge is 0.00745 e. The lowest BCUT2D eigenvalue weighted by Gasteiger charge is -2.34. The van der Waals surface area contributed by atoms with Gasteiger partial charge in [0.1, 0.15) is 0 Å². The van der Waals surface area contributed by atoms with Gasteiger partial charge in [-0.3, -0.25) is 0 Å². The molecule has 2 unspecified atom stereocenters. The van der Waals surface area contributed by atoms with Crippen molar-refractivity contribution in [3.63, 3.8) is 0 Å². The molecule has 2 atom stereocenters. The molecule has 0 spiro atoms. The minimum atomic E-state index is 0.863. The summed E-state index contributed by atoms with van der Waals surface area (Å²) in [6.45, 7) is 5.60. The van der Waals surface area contributed by atoms with E-state index in [0.717, 1.165) is 24.3 Å². The summed E-state index contributed by atoms with van der Waals surface area (Å²) in [5.74, 6) is 2.76. The monoisotopic (exact) mass is 169 g/mol. The summed E-state index contributed by atoms with van der Waals surface area (Å²) in [4.78, 5) is 0. The fourth-order valence-corrected chi connectivity index (χ4v) is 2.69. The maximum atomic E-state index is 5.62. The average Bonchev–Trinajstić information content (AvgIpc) is 2.05. The summed E-state index contributed by atoms with van der Waals surface area (Å²) in [5.41, 5.74) is 5.62. The van der Waals surface area contributed by atoms with Crippen LogP contribution in [0, 0.1) is 17.8 Å². The van der Waals surface area contributed by atoms with Gasteiger partial charge in [-0.15, -0.1) is 0 Å². The summed E-state index contributed by atoms with van der Waals surface area (Å²) < 4.78 is 0. The fourth-order valence-electron chi connectivity index (χ4n) is 2.69. The highest BCUT2D eigenvalue weighted by molar-refractivity contribution is 4.77. The van der Waals surface area contributed by atoms with Gasteiger partial charge in [-0.2, -0.15) is 0 Å². The minimum absolute atomic E-state index is 0.863. The van der Waals surface area contributed by atoms with E-state index < -0.39 is 0 Å². The van der Waals surface area contributed by atoms with Crippen LogP contribution < -0.4 is 5.73 Å². The van der Waals surface area contributed by atoms with Crippen LogP contribution in [0.4, 0.5) is 0 Å². The van der Waals surface area contributed by atoms with Gasteiger partial charge in [-0.25, -0.2) is 0 Å². The maximum Gasteiger partial charge on any atom is -0.00745 e. The van der Waals surface area contributed by atoms with Crippen molar-refractivity contribution >= 4 is 0 Å². The normalized spacial score (nSPS) is 31.0. The Hall–Kier alpha value is -0.0400. The van der Waals surface area contributed by atoms with E-state index in [1.54, 1.807) is 0 Å². The van der Waals surface area contributed by atoms with E-state index in [4.69, 9.17) is 5.73 Å². The Labute approximate surface area is 76.7 Å². The molecule has 1 saturated carbocycles. The molecule has 0 heterocycles. The van der Waals surface area contributed by atoms with Crippen molar-refractivity contribution in [3.8, 4) is 0 Å². The molecule has 0 radical (unpaired) electrons. The van der Waals surface area contributed by atoms with Crippen LogP contribution in [-0.2, 0) is 0 Å². The van der Waals surface area contributed by atoms with Crippen LogP contribution in [0.25, 0.3) is 0 Å². The molecular weight excluding hydrogens is 146 g/mol. The number of hydrogen-bond acceptors (Lipinski definition) is 1. The molecule has 1 fully saturated rings. The van der Waals surface area contributed by atoms with E-state index in [1.807, 2.05) is 0 Å². The first kappa shape index (κ1) is 10.0. The summed E-state index contributed by atoms with van der Waals surface area (Å²) in [7, 11) is 0. The molecule has 1 heteroatoms. The highest BCUT2D eigenvalue weighted by Crippen LogP contribution is 2.36. The zero-order valence-corrected chi connectivity index (χ0v) is 8.55. The molecule has 1 aliphatic rings. The predicted octanol–water partition coefficient (Wildman–Crippen LogP) is 2.80. The number of rotatable bonds is 3. The second-order valence-corrected chi connectivity index (χ2v) is 4.53. The summed E-state index contributed by atoms with van der Waals surface area (Å²) in [6, 6.07) is 0. The third-order valence-corrected chi connectivity index (χ3v) is 3.36. The first-order chi connectivity index (χ1) is 5.75. The van der Waals surface area contributed by atoms with Crippen molar-refractivity contribution in [2.75, 3.05) is 6.54 Å². The fraction of sp³-hybridized carbons (Fsp3) is 1.00. The molecular formula is C11H23N. The van der Waals surface area contributed by atoms with Crippen LogP contribution >= 0.6 is 0 Å². The SMILES string of the molecule is CC(C)C1CCCCC1CCN. The lowest BCUT2D eigenvalue weighted by atomic mass is 9.72. The van der Waals surface area contributed by atoms with Crippen molar-refractivity contribution in [1.82, 2.24) is 0 Å². The molecule has 12 heavy (non-hydrogen) atoms. The molecule has 1 rings (SSSR count). The Bertz CT molecular complexity index is 118. The van der Waals surface area contributed by atoms with Gasteiger partial charge < -0.3 is 5.73 Å². The van der Waals surface area contributed by atoms with E-state index in [0.29, 0.717) is 0 Å². The third-order valence-electron chi connectivity index (χ3n) is 3.36. The van der Waals surface area contributed by atoms with Crippen molar-refractivity contribution < 1.29 is 0 Å². The summed E-state index contributed by atoms with van der Waals surface area (Å²) in [6.07, 6.45) is 7.02. The van der Waals surface area contributed by atoms with E-state index in [-0.39, 0.29) is 0 Å². The summed E-state index contributed by atoms with van der Waals surface area (Å²) >= 11 is 0. The predicted molar refractivity (Wildman–Crippen MR) is 54.0 cm³/mol. The average molecular weight is 169 g/mol. The van der Waals surface area contributed by atoms with Gasteiger partial charge in [0.2, 0.25) is 0 Å². The van der Waals surface area contributed by atoms with Crippen molar-refractivity contribution in [3.05, 3.63) is 0 Å². The highest BCUT2D eigenvalue weighted by atomic mass is 14.5. The first-order valence-electron chi connectivity index (χ1n) is 5.45. The minimum Gasteiger partial charge on any atom is -0.330 e. The van der Waals surface area contributed by atoms with Crippen LogP contribution in [0.3, 0.4) is 0 Å². The molecule has 2 N–H and O–H groups in total. The van der Waals surface area contributed by atoms with E-state index >= 15 is 0 Å². The van der Waals surface area contributed by atoms with E-state index in [9.17, 15) is 0 Å². The number of nitrogens with two attached hydrogens (primary N) is 1. The first-order valence-corrected chi connectivity index (χ1v) is 5.45. The lowest BCUT2D eigenvalue weighted by molar-refractivity contribution is 0.173. The van der Waals surface area contributed by atoms with E-state index in [2.05, 4.69) is 13.8 Å². The second kappa shape index (κ2) is 4.86. The quantitative estimate of drug-likeness (QED) is 0.690. The van der Waals surface area contributed by atoms with Crippen molar-refractivity contribution in [2.45, 2.75) is 46.0 Å². The van der Waals surface area contributed by atoms with Crippen LogP contribution in [0.1, 0.15) is 46.0 Å². The van der Waals surface area contributed by atoms with Gasteiger partial charge in [0.15, 0.2) is 0 Å². The van der Waals surface area contributed by atoms with Crippen LogP contribution in [0.2, 0.25) is 0 Å². The molecule has 1 nitrogen and oxygen atoms in total. The van der Waals surface area contributed by atoms with E-state index in [1.165, 1.54) is 32.1 Å².